The van der Waals surface area contributed by atoms with Crippen LogP contribution < -0.4 is 5.32 Å². The molecule has 3 nitrogen and oxygen atoms in total. The molecule has 3 atom stereocenters. The summed E-state index contributed by atoms with van der Waals surface area (Å²) in [7, 11) is 4.04. The molecule has 1 fully saturated rings. The summed E-state index contributed by atoms with van der Waals surface area (Å²) in [5, 5.41) is 3.67. The van der Waals surface area contributed by atoms with Crippen molar-refractivity contribution in [3.8, 4) is 0 Å². The minimum absolute atomic E-state index is 0.671. The third-order valence-electron chi connectivity index (χ3n) is 4.30. The molecule has 0 aliphatic heterocycles. The van der Waals surface area contributed by atoms with E-state index in [1.807, 2.05) is 0 Å². The topological polar surface area (TPSA) is 24.5 Å². The average Bonchev–Trinajstić information content (AvgIpc) is 2.38. The third kappa shape index (κ3) is 4.87. The Bertz CT molecular complexity index is 211. The van der Waals surface area contributed by atoms with Gasteiger partial charge in [-0.2, -0.15) is 0 Å². The van der Waals surface area contributed by atoms with Gasteiger partial charge in [0.15, 0.2) is 0 Å². The van der Waals surface area contributed by atoms with E-state index in [0.29, 0.717) is 12.1 Å². The summed E-state index contributed by atoms with van der Waals surface area (Å²) in [4.78, 5) is 2.50. The summed E-state index contributed by atoms with van der Waals surface area (Å²) in [6.45, 7) is 7.48. The van der Waals surface area contributed by atoms with Gasteiger partial charge in [-0.1, -0.05) is 26.7 Å². The van der Waals surface area contributed by atoms with Crippen LogP contribution in [0.5, 0.6) is 0 Å². The van der Waals surface area contributed by atoms with Crippen LogP contribution >= 0.6 is 0 Å². The van der Waals surface area contributed by atoms with Gasteiger partial charge in [-0.15, -0.1) is 0 Å². The molecule has 1 aliphatic rings. The van der Waals surface area contributed by atoms with Gasteiger partial charge >= 0.3 is 0 Å². The van der Waals surface area contributed by atoms with Crippen LogP contribution in [0, 0.1) is 5.92 Å². The summed E-state index contributed by atoms with van der Waals surface area (Å²) < 4.78 is 5.21. The summed E-state index contributed by atoms with van der Waals surface area (Å²) >= 11 is 0. The molecule has 0 aromatic heterocycles. The van der Waals surface area contributed by atoms with Crippen LogP contribution in [0.25, 0.3) is 0 Å². The van der Waals surface area contributed by atoms with Crippen LogP contribution in [0.3, 0.4) is 0 Å². The van der Waals surface area contributed by atoms with Crippen LogP contribution in [-0.4, -0.2) is 50.8 Å². The SMILES string of the molecule is CCCC1CCC(NCC)C(N(C)CCOC)C1. The predicted octanol–water partition coefficient (Wildman–Crippen LogP) is 2.51. The maximum Gasteiger partial charge on any atom is 0.0589 e. The Kier molecular flexibility index (Phi) is 7.87. The average molecular weight is 256 g/mol. The summed E-state index contributed by atoms with van der Waals surface area (Å²) in [5.41, 5.74) is 0. The fourth-order valence-electron chi connectivity index (χ4n) is 3.29. The molecule has 0 saturated heterocycles. The first-order valence-corrected chi connectivity index (χ1v) is 7.65. The Labute approximate surface area is 113 Å². The van der Waals surface area contributed by atoms with Crippen LogP contribution in [0.15, 0.2) is 0 Å². The van der Waals surface area contributed by atoms with Gasteiger partial charge in [-0.3, -0.25) is 4.90 Å². The highest BCUT2D eigenvalue weighted by atomic mass is 16.5. The van der Waals surface area contributed by atoms with Crippen molar-refractivity contribution in [1.29, 1.82) is 0 Å². The number of rotatable bonds is 8. The van der Waals surface area contributed by atoms with E-state index in [4.69, 9.17) is 4.74 Å². The van der Waals surface area contributed by atoms with Gasteiger partial charge in [0.25, 0.3) is 0 Å². The minimum Gasteiger partial charge on any atom is -0.383 e. The van der Waals surface area contributed by atoms with Crippen LogP contribution in [0.4, 0.5) is 0 Å². The summed E-state index contributed by atoms with van der Waals surface area (Å²) in [6.07, 6.45) is 6.81. The quantitative estimate of drug-likeness (QED) is 0.722. The standard InChI is InChI=1S/C15H32N2O/c1-5-7-13-8-9-14(16-6-2)15(12-13)17(3)10-11-18-4/h13-16H,5-12H2,1-4H3. The first-order chi connectivity index (χ1) is 8.72. The Morgan fingerprint density at radius 1 is 1.28 bits per heavy atom. The van der Waals surface area contributed by atoms with Gasteiger partial charge in [0.05, 0.1) is 6.61 Å². The zero-order valence-corrected chi connectivity index (χ0v) is 12.7. The van der Waals surface area contributed by atoms with E-state index in [1.165, 1.54) is 32.1 Å². The molecule has 0 heterocycles. The molecule has 0 aromatic rings. The molecule has 0 aromatic carbocycles. The van der Waals surface area contributed by atoms with Crippen LogP contribution in [-0.2, 0) is 4.74 Å². The Balaban J connectivity index is 2.53. The maximum absolute atomic E-state index is 5.21. The number of likely N-dealkylation sites (N-methyl/N-ethyl adjacent to an activating group) is 2. The largest absolute Gasteiger partial charge is 0.383 e. The summed E-state index contributed by atoms with van der Waals surface area (Å²) in [6, 6.07) is 1.36. The number of nitrogens with one attached hydrogen (secondary N) is 1. The van der Waals surface area contributed by atoms with Crippen molar-refractivity contribution in [2.24, 2.45) is 5.92 Å². The maximum atomic E-state index is 5.21. The molecular formula is C15H32N2O. The van der Waals surface area contributed by atoms with E-state index in [-0.39, 0.29) is 0 Å². The highest BCUT2D eigenvalue weighted by molar-refractivity contribution is 4.90. The molecule has 1 saturated carbocycles. The number of nitrogens with zero attached hydrogens (tertiary/aromatic N) is 1. The van der Waals surface area contributed by atoms with Gasteiger partial charge in [0.1, 0.15) is 0 Å². The second kappa shape index (κ2) is 8.89. The Hall–Kier alpha value is -0.120. The highest BCUT2D eigenvalue weighted by Crippen LogP contribution is 2.30. The fraction of sp³-hybridized carbons (Fsp3) is 1.00. The molecule has 1 rings (SSSR count). The number of hydrogen-bond acceptors (Lipinski definition) is 3. The molecule has 18 heavy (non-hydrogen) atoms. The van der Waals surface area contributed by atoms with Gasteiger partial charge in [0, 0.05) is 25.7 Å². The van der Waals surface area contributed by atoms with Crippen molar-refractivity contribution in [1.82, 2.24) is 10.2 Å². The van der Waals surface area contributed by atoms with Crippen molar-refractivity contribution in [2.75, 3.05) is 33.9 Å². The molecule has 0 bridgehead atoms. The monoisotopic (exact) mass is 256 g/mol. The lowest BCUT2D eigenvalue weighted by Gasteiger charge is -2.41. The molecular weight excluding hydrogens is 224 g/mol. The zero-order valence-electron chi connectivity index (χ0n) is 12.7. The van der Waals surface area contributed by atoms with Crippen molar-refractivity contribution < 1.29 is 4.74 Å². The van der Waals surface area contributed by atoms with E-state index < -0.39 is 0 Å². The fourth-order valence-corrected chi connectivity index (χ4v) is 3.29. The lowest BCUT2D eigenvalue weighted by atomic mass is 9.79. The van der Waals surface area contributed by atoms with Gasteiger partial charge < -0.3 is 10.1 Å². The van der Waals surface area contributed by atoms with E-state index >= 15 is 0 Å². The first-order valence-electron chi connectivity index (χ1n) is 7.65. The summed E-state index contributed by atoms with van der Waals surface area (Å²) in [5.74, 6) is 0.930. The molecule has 3 unspecified atom stereocenters. The second-order valence-electron chi connectivity index (χ2n) is 5.67. The van der Waals surface area contributed by atoms with Crippen LogP contribution in [0.1, 0.15) is 46.0 Å². The van der Waals surface area contributed by atoms with Gasteiger partial charge in [-0.25, -0.2) is 0 Å². The Morgan fingerprint density at radius 3 is 2.67 bits per heavy atom. The van der Waals surface area contributed by atoms with Crippen LogP contribution in [0.2, 0.25) is 0 Å². The highest BCUT2D eigenvalue weighted by Gasteiger charge is 2.31. The van der Waals surface area contributed by atoms with E-state index in [9.17, 15) is 0 Å². The molecule has 0 radical (unpaired) electrons. The zero-order chi connectivity index (χ0) is 13.4. The molecule has 0 spiro atoms. The smallest absolute Gasteiger partial charge is 0.0589 e. The number of hydrogen-bond donors (Lipinski definition) is 1. The van der Waals surface area contributed by atoms with E-state index in [2.05, 4.69) is 31.1 Å². The van der Waals surface area contributed by atoms with Crippen molar-refractivity contribution >= 4 is 0 Å². The minimum atomic E-state index is 0.671. The third-order valence-corrected chi connectivity index (χ3v) is 4.30. The Morgan fingerprint density at radius 2 is 2.06 bits per heavy atom. The molecule has 0 amide bonds. The van der Waals surface area contributed by atoms with Gasteiger partial charge in [-0.05, 0) is 38.8 Å². The first kappa shape index (κ1) is 15.9. The second-order valence-corrected chi connectivity index (χ2v) is 5.67. The lowest BCUT2D eigenvalue weighted by molar-refractivity contribution is 0.0858. The van der Waals surface area contributed by atoms with Crippen molar-refractivity contribution in [3.05, 3.63) is 0 Å². The molecule has 3 heteroatoms. The van der Waals surface area contributed by atoms with Crippen molar-refractivity contribution in [3.63, 3.8) is 0 Å². The molecule has 1 N–H and O–H groups in total. The van der Waals surface area contributed by atoms with E-state index in [1.54, 1.807) is 7.11 Å². The molecule has 108 valence electrons. The normalized spacial score (nSPS) is 28.8. The lowest BCUT2D eigenvalue weighted by Crippen LogP contribution is -2.52. The predicted molar refractivity (Wildman–Crippen MR) is 78.0 cm³/mol. The van der Waals surface area contributed by atoms with E-state index in [0.717, 1.165) is 25.6 Å². The van der Waals surface area contributed by atoms with Gasteiger partial charge in [0.2, 0.25) is 0 Å². The number of ether oxygens (including phenoxy) is 1. The van der Waals surface area contributed by atoms with Crippen molar-refractivity contribution in [2.45, 2.75) is 58.0 Å². The molecule has 1 aliphatic carbocycles. The number of methoxy groups -OCH3 is 1.